The highest BCUT2D eigenvalue weighted by atomic mass is 16.5. The summed E-state index contributed by atoms with van der Waals surface area (Å²) in [5.74, 6) is 1.23. The van der Waals surface area contributed by atoms with Crippen LogP contribution in [0, 0.1) is 0 Å². The van der Waals surface area contributed by atoms with Crippen LogP contribution in [0.25, 0.3) is 0 Å². The molecule has 1 amide bonds. The summed E-state index contributed by atoms with van der Waals surface area (Å²) < 4.78 is 5.29. The Labute approximate surface area is 169 Å². The third-order valence-electron chi connectivity index (χ3n) is 5.17. The average molecular weight is 380 g/mol. The summed E-state index contributed by atoms with van der Waals surface area (Å²) in [6, 6.07) is 16.9. The maximum Gasteiger partial charge on any atom is 0.220 e. The maximum atomic E-state index is 11.9. The zero-order valence-electron chi connectivity index (χ0n) is 17.6. The van der Waals surface area contributed by atoms with Crippen LogP contribution >= 0.6 is 0 Å². The highest BCUT2D eigenvalue weighted by Crippen LogP contribution is 2.32. The van der Waals surface area contributed by atoms with Gasteiger partial charge in [0.25, 0.3) is 0 Å². The van der Waals surface area contributed by atoms with Crippen LogP contribution in [-0.2, 0) is 11.2 Å². The summed E-state index contributed by atoms with van der Waals surface area (Å²) in [6.07, 6.45) is 5.62. The van der Waals surface area contributed by atoms with E-state index in [1.807, 2.05) is 12.1 Å². The largest absolute Gasteiger partial charge is 0.497 e. The molecule has 0 aliphatic heterocycles. The van der Waals surface area contributed by atoms with Gasteiger partial charge in [0.15, 0.2) is 0 Å². The Kier molecular flexibility index (Phi) is 8.80. The van der Waals surface area contributed by atoms with E-state index in [1.54, 1.807) is 7.11 Å². The molecule has 1 unspecified atom stereocenters. The molecule has 0 heterocycles. The first kappa shape index (κ1) is 21.7. The first-order valence-electron chi connectivity index (χ1n) is 10.2. The van der Waals surface area contributed by atoms with Crippen molar-refractivity contribution in [2.75, 3.05) is 13.7 Å². The number of benzene rings is 2. The molecule has 0 aliphatic rings. The molecule has 1 atom stereocenters. The second-order valence-electron chi connectivity index (χ2n) is 7.18. The van der Waals surface area contributed by atoms with Gasteiger partial charge in [0.05, 0.1) is 7.11 Å². The average Bonchev–Trinajstić information content (AvgIpc) is 2.74. The first-order valence-corrected chi connectivity index (χ1v) is 10.2. The van der Waals surface area contributed by atoms with Crippen LogP contribution in [-0.4, -0.2) is 19.6 Å². The van der Waals surface area contributed by atoms with Crippen LogP contribution in [0.2, 0.25) is 0 Å². The predicted octanol–water partition coefficient (Wildman–Crippen LogP) is 5.64. The molecule has 0 aliphatic carbocycles. The number of unbranched alkanes of at least 4 members (excludes halogenated alkanes) is 1. The number of methoxy groups -OCH3 is 1. The topological polar surface area (TPSA) is 38.3 Å². The van der Waals surface area contributed by atoms with Gasteiger partial charge in [-0.1, -0.05) is 61.4 Å². The molecule has 3 heteroatoms. The maximum absolute atomic E-state index is 11.9. The Morgan fingerprint density at radius 2 is 1.68 bits per heavy atom. The fourth-order valence-corrected chi connectivity index (χ4v) is 3.31. The predicted molar refractivity (Wildman–Crippen MR) is 117 cm³/mol. The second kappa shape index (κ2) is 11.3. The molecule has 0 bridgehead atoms. The summed E-state index contributed by atoms with van der Waals surface area (Å²) in [4.78, 5) is 11.9. The molecule has 1 N–H and O–H groups in total. The van der Waals surface area contributed by atoms with Crippen molar-refractivity contribution in [2.24, 2.45) is 0 Å². The van der Waals surface area contributed by atoms with Gasteiger partial charge in [-0.2, -0.15) is 0 Å². The van der Waals surface area contributed by atoms with Crippen LogP contribution in [0.5, 0.6) is 5.75 Å². The molecule has 0 saturated heterocycles. The van der Waals surface area contributed by atoms with E-state index in [9.17, 15) is 4.79 Å². The lowest BCUT2D eigenvalue weighted by atomic mass is 9.85. The lowest BCUT2D eigenvalue weighted by Gasteiger charge is -2.20. The van der Waals surface area contributed by atoms with Crippen molar-refractivity contribution in [3.63, 3.8) is 0 Å². The molecule has 28 heavy (non-hydrogen) atoms. The number of hydrogen-bond donors (Lipinski definition) is 1. The van der Waals surface area contributed by atoms with Gasteiger partial charge in [0.1, 0.15) is 5.75 Å². The Bertz CT molecular complexity index is 760. The second-order valence-corrected chi connectivity index (χ2v) is 7.18. The standard InChI is InChI=1S/C25H33NO2/c1-5-7-18-26-24(27)17-10-20-8-11-21(12-9-20)25(19(3)6-2)22-13-15-23(28-4)16-14-22/h6,8-9,11-16,25H,5,7,10,17-18H2,1-4H3,(H,26,27)/b19-6+. The Hall–Kier alpha value is -2.55. The Morgan fingerprint density at radius 3 is 2.21 bits per heavy atom. The number of carbonyl (C=O) groups excluding carboxylic acids is 1. The summed E-state index contributed by atoms with van der Waals surface area (Å²) >= 11 is 0. The van der Waals surface area contributed by atoms with Crippen LogP contribution in [0.15, 0.2) is 60.2 Å². The van der Waals surface area contributed by atoms with Crippen LogP contribution in [0.3, 0.4) is 0 Å². The lowest BCUT2D eigenvalue weighted by Crippen LogP contribution is -2.24. The number of hydrogen-bond acceptors (Lipinski definition) is 2. The van der Waals surface area contributed by atoms with Gasteiger partial charge in [-0.25, -0.2) is 0 Å². The molecular formula is C25H33NO2. The van der Waals surface area contributed by atoms with Crippen LogP contribution in [0.4, 0.5) is 0 Å². The normalized spacial score (nSPS) is 12.5. The smallest absolute Gasteiger partial charge is 0.220 e. The number of carbonyl (C=O) groups is 1. The minimum absolute atomic E-state index is 0.137. The van der Waals surface area contributed by atoms with Gasteiger partial charge in [-0.3, -0.25) is 4.79 Å². The molecule has 0 aromatic heterocycles. The van der Waals surface area contributed by atoms with Crippen LogP contribution < -0.4 is 10.1 Å². The molecule has 0 radical (unpaired) electrons. The van der Waals surface area contributed by atoms with E-state index in [-0.39, 0.29) is 11.8 Å². The van der Waals surface area contributed by atoms with Crippen molar-refractivity contribution in [1.29, 1.82) is 0 Å². The molecule has 150 valence electrons. The minimum Gasteiger partial charge on any atom is -0.497 e. The van der Waals surface area contributed by atoms with Gasteiger partial charge in [0, 0.05) is 18.9 Å². The van der Waals surface area contributed by atoms with E-state index in [2.05, 4.69) is 68.6 Å². The van der Waals surface area contributed by atoms with Gasteiger partial charge in [0.2, 0.25) is 5.91 Å². The van der Waals surface area contributed by atoms with Crippen molar-refractivity contribution in [3.8, 4) is 5.75 Å². The zero-order valence-corrected chi connectivity index (χ0v) is 17.6. The van der Waals surface area contributed by atoms with Gasteiger partial charge in [-0.05, 0) is 55.5 Å². The number of nitrogens with one attached hydrogen (secondary N) is 1. The van der Waals surface area contributed by atoms with Crippen molar-refractivity contribution in [1.82, 2.24) is 5.32 Å². The van der Waals surface area contributed by atoms with E-state index >= 15 is 0 Å². The van der Waals surface area contributed by atoms with Gasteiger partial charge < -0.3 is 10.1 Å². The van der Waals surface area contributed by atoms with Crippen molar-refractivity contribution in [2.45, 2.75) is 52.4 Å². The number of aryl methyl sites for hydroxylation is 1. The van der Waals surface area contributed by atoms with E-state index < -0.39 is 0 Å². The van der Waals surface area contributed by atoms with E-state index in [0.717, 1.165) is 31.6 Å². The van der Waals surface area contributed by atoms with Crippen molar-refractivity contribution >= 4 is 5.91 Å². The quantitative estimate of drug-likeness (QED) is 0.428. The van der Waals surface area contributed by atoms with E-state index in [4.69, 9.17) is 4.74 Å². The number of rotatable bonds is 10. The monoisotopic (exact) mass is 379 g/mol. The van der Waals surface area contributed by atoms with E-state index in [1.165, 1.54) is 22.3 Å². The molecule has 0 fully saturated rings. The van der Waals surface area contributed by atoms with Crippen molar-refractivity contribution in [3.05, 3.63) is 76.9 Å². The molecule has 0 spiro atoms. The molecule has 3 nitrogen and oxygen atoms in total. The summed E-state index contributed by atoms with van der Waals surface area (Å²) in [6.45, 7) is 7.16. The third-order valence-corrected chi connectivity index (χ3v) is 5.17. The van der Waals surface area contributed by atoms with Crippen LogP contribution in [0.1, 0.15) is 62.6 Å². The third kappa shape index (κ3) is 6.26. The number of ether oxygens (including phenoxy) is 1. The Morgan fingerprint density at radius 1 is 1.07 bits per heavy atom. The first-order chi connectivity index (χ1) is 13.6. The highest BCUT2D eigenvalue weighted by molar-refractivity contribution is 5.76. The SMILES string of the molecule is C/C=C(\C)C(c1ccc(CCC(=O)NCCCC)cc1)c1ccc(OC)cc1. The zero-order chi connectivity index (χ0) is 20.4. The highest BCUT2D eigenvalue weighted by Gasteiger charge is 2.16. The minimum atomic E-state index is 0.137. The van der Waals surface area contributed by atoms with E-state index in [0.29, 0.717) is 6.42 Å². The molecule has 0 saturated carbocycles. The number of allylic oxidation sites excluding steroid dienone is 2. The van der Waals surface area contributed by atoms with Crippen molar-refractivity contribution < 1.29 is 9.53 Å². The summed E-state index contributed by atoms with van der Waals surface area (Å²) in [5, 5.41) is 2.98. The van der Waals surface area contributed by atoms with Gasteiger partial charge >= 0.3 is 0 Å². The summed E-state index contributed by atoms with van der Waals surface area (Å²) in [5.41, 5.74) is 5.02. The van der Waals surface area contributed by atoms with Gasteiger partial charge in [-0.15, -0.1) is 0 Å². The fourth-order valence-electron chi connectivity index (χ4n) is 3.31. The molecule has 2 rings (SSSR count). The Balaban J connectivity index is 2.08. The molecule has 2 aromatic rings. The number of amides is 1. The lowest BCUT2D eigenvalue weighted by molar-refractivity contribution is -0.121. The fraction of sp³-hybridized carbons (Fsp3) is 0.400. The molecular weight excluding hydrogens is 346 g/mol. The molecule has 2 aromatic carbocycles. The summed E-state index contributed by atoms with van der Waals surface area (Å²) in [7, 11) is 1.69.